The lowest BCUT2D eigenvalue weighted by Crippen LogP contribution is -2.59. The topological polar surface area (TPSA) is 73.7 Å². The van der Waals surface area contributed by atoms with E-state index in [0.717, 1.165) is 15.8 Å². The summed E-state index contributed by atoms with van der Waals surface area (Å²) in [7, 11) is 0. The van der Waals surface area contributed by atoms with Gasteiger partial charge in [0.05, 0.1) is 11.9 Å². The summed E-state index contributed by atoms with van der Waals surface area (Å²) in [6.45, 7) is 6.01. The molecule has 1 saturated heterocycles. The first-order chi connectivity index (χ1) is 10.2. The summed E-state index contributed by atoms with van der Waals surface area (Å²) in [6.07, 6.45) is 1.91. The molecule has 0 bridgehead atoms. The van der Waals surface area contributed by atoms with Crippen LogP contribution in [0.1, 0.15) is 33.6 Å². The van der Waals surface area contributed by atoms with Crippen molar-refractivity contribution < 1.29 is 14.7 Å². The molecule has 1 N–H and O–H groups in total. The molecule has 1 atom stereocenters. The predicted octanol–water partition coefficient (Wildman–Crippen LogP) is 2.96. The second-order valence-electron chi connectivity index (χ2n) is 6.31. The SMILES string of the molecule is CC(C)(C)N(C(=O)O)C1CCCN(c2ccc(I)nc2)C1=O. The zero-order valence-corrected chi connectivity index (χ0v) is 15.1. The van der Waals surface area contributed by atoms with Crippen LogP contribution in [0.25, 0.3) is 0 Å². The Labute approximate surface area is 143 Å². The fraction of sp³-hybridized carbons (Fsp3) is 0.533. The number of amides is 2. The number of hydrogen-bond donors (Lipinski definition) is 1. The third-order valence-corrected chi connectivity index (χ3v) is 4.31. The number of rotatable bonds is 2. The van der Waals surface area contributed by atoms with Gasteiger partial charge in [0.1, 0.15) is 9.74 Å². The number of halogens is 1. The molecule has 0 radical (unpaired) electrons. The number of piperidine rings is 1. The number of anilines is 1. The number of carbonyl (C=O) groups is 2. The standard InChI is InChI=1S/C15H20IN3O3/c1-15(2,3)19(14(21)22)11-5-4-8-18(13(11)20)10-6-7-12(16)17-9-10/h6-7,9,11H,4-5,8H2,1-3H3,(H,21,22). The van der Waals surface area contributed by atoms with Gasteiger partial charge in [0.25, 0.3) is 0 Å². The third-order valence-electron chi connectivity index (χ3n) is 3.67. The van der Waals surface area contributed by atoms with E-state index in [1.54, 1.807) is 31.9 Å². The first-order valence-electron chi connectivity index (χ1n) is 7.17. The highest BCUT2D eigenvalue weighted by Crippen LogP contribution is 2.28. The molecule has 0 aliphatic carbocycles. The van der Waals surface area contributed by atoms with Crippen molar-refractivity contribution in [3.63, 3.8) is 0 Å². The van der Waals surface area contributed by atoms with E-state index >= 15 is 0 Å². The molecule has 1 aliphatic heterocycles. The van der Waals surface area contributed by atoms with Gasteiger partial charge in [-0.1, -0.05) is 0 Å². The highest BCUT2D eigenvalue weighted by Gasteiger charge is 2.41. The lowest BCUT2D eigenvalue weighted by Gasteiger charge is -2.43. The molecule has 2 heterocycles. The number of carboxylic acid groups (broad SMARTS) is 1. The van der Waals surface area contributed by atoms with Crippen LogP contribution in [0, 0.1) is 3.70 Å². The highest BCUT2D eigenvalue weighted by molar-refractivity contribution is 14.1. The minimum absolute atomic E-state index is 0.174. The van der Waals surface area contributed by atoms with Gasteiger partial charge in [0, 0.05) is 12.1 Å². The molecule has 120 valence electrons. The maximum absolute atomic E-state index is 12.8. The Balaban J connectivity index is 2.29. The van der Waals surface area contributed by atoms with Crippen molar-refractivity contribution in [3.05, 3.63) is 22.0 Å². The molecular formula is C15H20IN3O3. The normalized spacial score (nSPS) is 19.2. The van der Waals surface area contributed by atoms with Crippen LogP contribution in [0.4, 0.5) is 10.5 Å². The summed E-state index contributed by atoms with van der Waals surface area (Å²) in [5.41, 5.74) is 0.0915. The lowest BCUT2D eigenvalue weighted by atomic mass is 9.96. The molecule has 0 aromatic carbocycles. The molecule has 0 spiro atoms. The zero-order chi connectivity index (χ0) is 16.5. The number of pyridine rings is 1. The van der Waals surface area contributed by atoms with E-state index in [0.29, 0.717) is 13.0 Å². The van der Waals surface area contributed by atoms with Crippen molar-refractivity contribution >= 4 is 40.3 Å². The zero-order valence-electron chi connectivity index (χ0n) is 12.9. The third kappa shape index (κ3) is 3.50. The van der Waals surface area contributed by atoms with Crippen LogP contribution >= 0.6 is 22.6 Å². The Morgan fingerprint density at radius 3 is 2.64 bits per heavy atom. The summed E-state index contributed by atoms with van der Waals surface area (Å²) in [4.78, 5) is 31.5. The molecule has 0 saturated carbocycles. The van der Waals surface area contributed by atoms with Crippen LogP contribution in [0.3, 0.4) is 0 Å². The number of nitrogens with zero attached hydrogens (tertiary/aromatic N) is 3. The first kappa shape index (κ1) is 17.0. The van der Waals surface area contributed by atoms with Gasteiger partial charge in [-0.15, -0.1) is 0 Å². The lowest BCUT2D eigenvalue weighted by molar-refractivity contribution is -0.126. The Hall–Kier alpha value is -1.38. The van der Waals surface area contributed by atoms with E-state index in [9.17, 15) is 14.7 Å². The van der Waals surface area contributed by atoms with Gasteiger partial charge in [-0.2, -0.15) is 0 Å². The molecule has 1 unspecified atom stereocenters. The molecule has 7 heteroatoms. The average Bonchev–Trinajstić information content (AvgIpc) is 2.40. The van der Waals surface area contributed by atoms with Crippen LogP contribution in [0.15, 0.2) is 18.3 Å². The van der Waals surface area contributed by atoms with Gasteiger partial charge in [0.2, 0.25) is 5.91 Å². The van der Waals surface area contributed by atoms with Gasteiger partial charge in [-0.3, -0.25) is 9.69 Å². The number of carbonyl (C=O) groups excluding carboxylic acids is 1. The molecule has 6 nitrogen and oxygen atoms in total. The molecule has 1 aromatic rings. The minimum Gasteiger partial charge on any atom is -0.465 e. The van der Waals surface area contributed by atoms with Crippen molar-refractivity contribution in [1.82, 2.24) is 9.88 Å². The van der Waals surface area contributed by atoms with Crippen molar-refractivity contribution in [3.8, 4) is 0 Å². The second-order valence-corrected chi connectivity index (χ2v) is 7.42. The van der Waals surface area contributed by atoms with Crippen molar-refractivity contribution in [2.75, 3.05) is 11.4 Å². The van der Waals surface area contributed by atoms with Crippen LogP contribution in [-0.2, 0) is 4.79 Å². The number of aromatic nitrogens is 1. The Bertz CT molecular complexity index is 568. The average molecular weight is 417 g/mol. The molecule has 1 fully saturated rings. The molecule has 2 rings (SSSR count). The molecular weight excluding hydrogens is 397 g/mol. The van der Waals surface area contributed by atoms with Gasteiger partial charge in [-0.25, -0.2) is 9.78 Å². The van der Waals surface area contributed by atoms with Crippen LogP contribution in [0.2, 0.25) is 0 Å². The molecule has 22 heavy (non-hydrogen) atoms. The van der Waals surface area contributed by atoms with Crippen LogP contribution in [-0.4, -0.2) is 45.1 Å². The predicted molar refractivity (Wildman–Crippen MR) is 91.9 cm³/mol. The smallest absolute Gasteiger partial charge is 0.408 e. The molecule has 2 amide bonds. The van der Waals surface area contributed by atoms with E-state index in [1.165, 1.54) is 4.90 Å². The Morgan fingerprint density at radius 2 is 2.14 bits per heavy atom. The van der Waals surface area contributed by atoms with E-state index in [-0.39, 0.29) is 5.91 Å². The van der Waals surface area contributed by atoms with Crippen molar-refractivity contribution in [2.45, 2.75) is 45.2 Å². The second kappa shape index (κ2) is 6.39. The van der Waals surface area contributed by atoms with E-state index in [4.69, 9.17) is 0 Å². The van der Waals surface area contributed by atoms with E-state index in [2.05, 4.69) is 27.6 Å². The van der Waals surface area contributed by atoms with E-state index < -0.39 is 17.7 Å². The van der Waals surface area contributed by atoms with Crippen LogP contribution in [0.5, 0.6) is 0 Å². The fourth-order valence-corrected chi connectivity index (χ4v) is 3.09. The van der Waals surface area contributed by atoms with Gasteiger partial charge >= 0.3 is 6.09 Å². The quantitative estimate of drug-likeness (QED) is 0.593. The Kier molecular flexibility index (Phi) is 4.93. The summed E-state index contributed by atoms with van der Waals surface area (Å²) < 4.78 is 0.851. The maximum Gasteiger partial charge on any atom is 0.408 e. The van der Waals surface area contributed by atoms with E-state index in [1.807, 2.05) is 12.1 Å². The summed E-state index contributed by atoms with van der Waals surface area (Å²) in [6, 6.07) is 3.04. The van der Waals surface area contributed by atoms with Crippen LogP contribution < -0.4 is 4.90 Å². The number of hydrogen-bond acceptors (Lipinski definition) is 3. The minimum atomic E-state index is -1.06. The summed E-state index contributed by atoms with van der Waals surface area (Å²) in [5, 5.41) is 9.51. The summed E-state index contributed by atoms with van der Waals surface area (Å²) >= 11 is 2.11. The monoisotopic (exact) mass is 417 g/mol. The molecule has 1 aliphatic rings. The largest absolute Gasteiger partial charge is 0.465 e. The van der Waals surface area contributed by atoms with Crippen molar-refractivity contribution in [1.29, 1.82) is 0 Å². The van der Waals surface area contributed by atoms with Crippen molar-refractivity contribution in [2.24, 2.45) is 0 Å². The highest BCUT2D eigenvalue weighted by atomic mass is 127. The Morgan fingerprint density at radius 1 is 1.45 bits per heavy atom. The summed E-state index contributed by atoms with van der Waals surface area (Å²) in [5.74, 6) is -0.174. The fourth-order valence-electron chi connectivity index (χ4n) is 2.77. The molecule has 1 aromatic heterocycles. The van der Waals surface area contributed by atoms with Gasteiger partial charge < -0.3 is 10.0 Å². The maximum atomic E-state index is 12.8. The van der Waals surface area contributed by atoms with Gasteiger partial charge in [-0.05, 0) is 68.3 Å². The first-order valence-corrected chi connectivity index (χ1v) is 8.25. The van der Waals surface area contributed by atoms with Gasteiger partial charge in [0.15, 0.2) is 0 Å².